The Bertz CT molecular complexity index is 969. The molecular formula is C21H25ClNO7P. The molecule has 1 N–H and O–H groups in total. The van der Waals surface area contributed by atoms with Crippen LogP contribution in [0.2, 0.25) is 5.02 Å². The molecular weight excluding hydrogens is 445 g/mol. The fourth-order valence-electron chi connectivity index (χ4n) is 3.61. The highest BCUT2D eigenvalue weighted by molar-refractivity contribution is 7.65. The summed E-state index contributed by atoms with van der Waals surface area (Å²) in [6, 6.07) is 11.2. The molecule has 0 amide bonds. The van der Waals surface area contributed by atoms with Crippen molar-refractivity contribution in [2.75, 3.05) is 34.5 Å². The summed E-state index contributed by atoms with van der Waals surface area (Å²) in [5.41, 5.74) is 0.755. The lowest BCUT2D eigenvalue weighted by molar-refractivity contribution is -0.137. The Morgan fingerprint density at radius 1 is 1.19 bits per heavy atom. The maximum Gasteiger partial charge on any atom is 0.318 e. The number of ether oxygens (including phenoxy) is 3. The predicted molar refractivity (Wildman–Crippen MR) is 117 cm³/mol. The largest absolute Gasteiger partial charge is 0.497 e. The first kappa shape index (κ1) is 23.6. The Morgan fingerprint density at radius 2 is 1.90 bits per heavy atom. The number of rotatable bonds is 7. The average Bonchev–Trinajstić information content (AvgIpc) is 2.91. The van der Waals surface area contributed by atoms with Crippen molar-refractivity contribution in [1.29, 1.82) is 0 Å². The Labute approximate surface area is 186 Å². The molecule has 3 rings (SSSR count). The van der Waals surface area contributed by atoms with E-state index < -0.39 is 32.2 Å². The number of halogens is 1. The number of nitrogens with zero attached hydrogens (tertiary/aromatic N) is 1. The number of carbonyl (C=O) groups is 1. The van der Waals surface area contributed by atoms with Crippen LogP contribution in [0.25, 0.3) is 0 Å². The van der Waals surface area contributed by atoms with E-state index in [4.69, 9.17) is 30.3 Å². The van der Waals surface area contributed by atoms with Gasteiger partial charge in [-0.25, -0.2) is 4.67 Å². The summed E-state index contributed by atoms with van der Waals surface area (Å²) in [6.07, 6.45) is -0.00882. The van der Waals surface area contributed by atoms with E-state index in [0.717, 1.165) is 5.56 Å². The maximum atomic E-state index is 14.5. The van der Waals surface area contributed by atoms with Crippen LogP contribution in [-0.2, 0) is 18.6 Å². The van der Waals surface area contributed by atoms with Gasteiger partial charge in [0, 0.05) is 24.2 Å². The smallest absolute Gasteiger partial charge is 0.318 e. The lowest BCUT2D eigenvalue weighted by Gasteiger charge is -2.34. The van der Waals surface area contributed by atoms with Crippen molar-refractivity contribution in [1.82, 2.24) is 4.67 Å². The second kappa shape index (κ2) is 10.0. The van der Waals surface area contributed by atoms with E-state index in [-0.39, 0.29) is 17.7 Å². The number of carboxylic acid groups (broad SMARTS) is 1. The molecule has 1 heterocycles. The molecule has 0 spiro atoms. The van der Waals surface area contributed by atoms with Gasteiger partial charge in [-0.05, 0) is 36.2 Å². The summed E-state index contributed by atoms with van der Waals surface area (Å²) in [6.45, 7) is -0.473. The molecule has 1 fully saturated rings. The van der Waals surface area contributed by atoms with E-state index in [9.17, 15) is 14.5 Å². The molecule has 0 aliphatic carbocycles. The quantitative estimate of drug-likeness (QED) is 0.613. The molecule has 0 aromatic heterocycles. The summed E-state index contributed by atoms with van der Waals surface area (Å²) in [7, 11) is 0.610. The molecule has 2 aromatic rings. The molecule has 3 atom stereocenters. The second-order valence-electron chi connectivity index (χ2n) is 7.01. The third-order valence-corrected chi connectivity index (χ3v) is 8.02. The van der Waals surface area contributed by atoms with Gasteiger partial charge in [0.05, 0.1) is 32.2 Å². The Hall–Kier alpha value is -2.09. The molecule has 2 aromatic carbocycles. The van der Waals surface area contributed by atoms with Crippen molar-refractivity contribution in [2.24, 2.45) is 0 Å². The minimum Gasteiger partial charge on any atom is -0.497 e. The lowest BCUT2D eigenvalue weighted by Crippen LogP contribution is -2.35. The van der Waals surface area contributed by atoms with Crippen molar-refractivity contribution in [3.8, 4) is 11.5 Å². The highest BCUT2D eigenvalue weighted by atomic mass is 35.5. The molecule has 31 heavy (non-hydrogen) atoms. The van der Waals surface area contributed by atoms with Gasteiger partial charge in [-0.2, -0.15) is 0 Å². The number of benzene rings is 2. The van der Waals surface area contributed by atoms with Crippen LogP contribution < -0.4 is 14.8 Å². The predicted octanol–water partition coefficient (Wildman–Crippen LogP) is 3.74. The molecule has 0 saturated carbocycles. The van der Waals surface area contributed by atoms with E-state index in [1.807, 2.05) is 0 Å². The lowest BCUT2D eigenvalue weighted by atomic mass is 10.0. The minimum absolute atomic E-state index is 0.0309. The Morgan fingerprint density at radius 3 is 2.48 bits per heavy atom. The zero-order valence-corrected chi connectivity index (χ0v) is 19.1. The van der Waals surface area contributed by atoms with Gasteiger partial charge < -0.3 is 23.8 Å². The summed E-state index contributed by atoms with van der Waals surface area (Å²) < 4.78 is 38.0. The Balaban J connectivity index is 2.19. The number of hydrogen-bond acceptors (Lipinski definition) is 6. The summed E-state index contributed by atoms with van der Waals surface area (Å²) >= 11 is 6.04. The van der Waals surface area contributed by atoms with Crippen LogP contribution in [0, 0.1) is 0 Å². The van der Waals surface area contributed by atoms with Gasteiger partial charge in [-0.15, -0.1) is 0 Å². The van der Waals surface area contributed by atoms with Crippen molar-refractivity contribution >= 4 is 30.4 Å². The van der Waals surface area contributed by atoms with Crippen LogP contribution in [0.4, 0.5) is 0 Å². The number of carboxylic acids is 1. The maximum absolute atomic E-state index is 14.5. The molecule has 10 heteroatoms. The van der Waals surface area contributed by atoms with Crippen LogP contribution >= 0.6 is 19.1 Å². The number of hydrogen-bond donors (Lipinski definition) is 1. The first-order valence-corrected chi connectivity index (χ1v) is 11.5. The van der Waals surface area contributed by atoms with Crippen molar-refractivity contribution in [2.45, 2.75) is 18.6 Å². The summed E-state index contributed by atoms with van der Waals surface area (Å²) in [5.74, 6) is -0.342. The molecule has 3 unspecified atom stereocenters. The molecule has 1 aliphatic heterocycles. The van der Waals surface area contributed by atoms with Crippen molar-refractivity contribution in [3.63, 3.8) is 0 Å². The van der Waals surface area contributed by atoms with Crippen molar-refractivity contribution < 1.29 is 33.2 Å². The molecule has 1 aliphatic rings. The highest BCUT2D eigenvalue weighted by Gasteiger charge is 2.46. The minimum atomic E-state index is -3.88. The molecule has 1 saturated heterocycles. The molecule has 0 radical (unpaired) electrons. The monoisotopic (exact) mass is 469 g/mol. The van der Waals surface area contributed by atoms with Gasteiger partial charge in [-0.1, -0.05) is 23.7 Å². The van der Waals surface area contributed by atoms with E-state index >= 15 is 0 Å². The molecule has 168 valence electrons. The van der Waals surface area contributed by atoms with Crippen LogP contribution in [0.15, 0.2) is 42.5 Å². The SMILES string of the molecule is COc1ccc(P2(=O)OCC(OC)CC(c3ccc(Cl)cc3)N2CC(=O)O)c(OC)c1. The van der Waals surface area contributed by atoms with Gasteiger partial charge in [0.25, 0.3) is 0 Å². The second-order valence-corrected chi connectivity index (χ2v) is 9.74. The van der Waals surface area contributed by atoms with Crippen molar-refractivity contribution in [3.05, 3.63) is 53.1 Å². The zero-order valence-electron chi connectivity index (χ0n) is 17.5. The number of methoxy groups -OCH3 is 3. The van der Waals surface area contributed by atoms with E-state index in [0.29, 0.717) is 17.2 Å². The standard InChI is InChI=1S/C21H25ClNO7P/c1-27-16-8-9-20(19(11-16)29-3)31(26)23(12-21(24)25)18(10-17(28-2)13-30-31)14-4-6-15(22)7-5-14/h4-9,11,17-18H,10,12-13H2,1-3H3,(H,24,25). The zero-order chi connectivity index (χ0) is 22.6. The van der Waals surface area contributed by atoms with Crippen LogP contribution in [0.5, 0.6) is 11.5 Å². The van der Waals surface area contributed by atoms with Gasteiger partial charge in [-0.3, -0.25) is 9.36 Å². The summed E-state index contributed by atoms with van der Waals surface area (Å²) in [5, 5.41) is 10.5. The van der Waals surface area contributed by atoms with E-state index in [1.54, 1.807) is 49.6 Å². The normalized spacial score (nSPS) is 24.4. The third-order valence-electron chi connectivity index (χ3n) is 5.20. The van der Waals surface area contributed by atoms with Crippen LogP contribution in [0.3, 0.4) is 0 Å². The first-order chi connectivity index (χ1) is 14.8. The van der Waals surface area contributed by atoms with Gasteiger partial charge in [0.15, 0.2) is 0 Å². The third kappa shape index (κ3) is 5.05. The van der Waals surface area contributed by atoms with Gasteiger partial charge in [0.1, 0.15) is 18.0 Å². The fourth-order valence-corrected chi connectivity index (χ4v) is 6.26. The van der Waals surface area contributed by atoms with E-state index in [1.165, 1.54) is 18.9 Å². The number of aliphatic carboxylic acids is 1. The van der Waals surface area contributed by atoms with E-state index in [2.05, 4.69) is 0 Å². The summed E-state index contributed by atoms with van der Waals surface area (Å²) in [4.78, 5) is 11.8. The van der Waals surface area contributed by atoms with Gasteiger partial charge in [0.2, 0.25) is 0 Å². The molecule has 0 bridgehead atoms. The van der Waals surface area contributed by atoms with Crippen LogP contribution in [0.1, 0.15) is 18.0 Å². The molecule has 8 nitrogen and oxygen atoms in total. The topological polar surface area (TPSA) is 94.5 Å². The fraction of sp³-hybridized carbons (Fsp3) is 0.381. The average molecular weight is 470 g/mol. The highest BCUT2D eigenvalue weighted by Crippen LogP contribution is 2.58. The van der Waals surface area contributed by atoms with Gasteiger partial charge >= 0.3 is 13.5 Å². The first-order valence-electron chi connectivity index (χ1n) is 9.56. The Kier molecular flexibility index (Phi) is 7.62. The van der Waals surface area contributed by atoms with Crippen LogP contribution in [-0.4, -0.2) is 56.3 Å².